The molecule has 17 heavy (non-hydrogen) atoms. The van der Waals surface area contributed by atoms with Crippen LogP contribution in [-0.4, -0.2) is 6.61 Å². The van der Waals surface area contributed by atoms with Gasteiger partial charge in [0.2, 0.25) is 0 Å². The van der Waals surface area contributed by atoms with Gasteiger partial charge in [-0.15, -0.1) is 0 Å². The molecule has 0 aromatic heterocycles. The van der Waals surface area contributed by atoms with E-state index in [2.05, 4.69) is 0 Å². The van der Waals surface area contributed by atoms with Crippen LogP contribution in [0.25, 0.3) is 0 Å². The molecule has 0 aliphatic rings. The van der Waals surface area contributed by atoms with E-state index in [1.807, 2.05) is 24.3 Å². The average molecular weight is 253 g/mol. The van der Waals surface area contributed by atoms with E-state index in [1.54, 1.807) is 19.1 Å². The van der Waals surface area contributed by atoms with Gasteiger partial charge in [-0.1, -0.05) is 23.7 Å². The SMILES string of the molecule is C/C(N)=C/C=C(\N)OCCc1ccc(Cl)cc1. The number of rotatable bonds is 5. The second-order valence-corrected chi connectivity index (χ2v) is 4.14. The van der Waals surface area contributed by atoms with Gasteiger partial charge in [0.25, 0.3) is 0 Å². The molecule has 3 nitrogen and oxygen atoms in total. The minimum atomic E-state index is 0.365. The van der Waals surface area contributed by atoms with Crippen LogP contribution in [0.4, 0.5) is 0 Å². The Balaban J connectivity index is 2.35. The van der Waals surface area contributed by atoms with Crippen molar-refractivity contribution >= 4 is 11.6 Å². The molecule has 1 rings (SSSR count). The Kier molecular flexibility index (Phi) is 5.43. The van der Waals surface area contributed by atoms with Gasteiger partial charge in [-0.2, -0.15) is 0 Å². The average Bonchev–Trinajstić information content (AvgIpc) is 2.29. The molecule has 0 atom stereocenters. The van der Waals surface area contributed by atoms with Crippen LogP contribution in [0.1, 0.15) is 12.5 Å². The molecule has 1 aromatic carbocycles. The Labute approximate surface area is 107 Å². The highest BCUT2D eigenvalue weighted by Crippen LogP contribution is 2.10. The predicted molar refractivity (Wildman–Crippen MR) is 71.3 cm³/mol. The fourth-order valence-corrected chi connectivity index (χ4v) is 1.33. The maximum absolute atomic E-state index is 5.79. The minimum Gasteiger partial charge on any atom is -0.479 e. The van der Waals surface area contributed by atoms with E-state index in [-0.39, 0.29) is 0 Å². The number of benzene rings is 1. The lowest BCUT2D eigenvalue weighted by Crippen LogP contribution is -2.06. The molecule has 0 aliphatic heterocycles. The number of nitrogens with two attached hydrogens (primary N) is 2. The summed E-state index contributed by atoms with van der Waals surface area (Å²) in [4.78, 5) is 0. The molecule has 0 saturated heterocycles. The fraction of sp³-hybridized carbons (Fsp3) is 0.231. The second kappa shape index (κ2) is 6.86. The van der Waals surface area contributed by atoms with E-state index in [9.17, 15) is 0 Å². The molecule has 0 unspecified atom stereocenters. The summed E-state index contributed by atoms with van der Waals surface area (Å²) in [5.41, 5.74) is 12.9. The van der Waals surface area contributed by atoms with Crippen molar-refractivity contribution in [2.75, 3.05) is 6.61 Å². The van der Waals surface area contributed by atoms with Crippen molar-refractivity contribution in [1.82, 2.24) is 0 Å². The first-order valence-corrected chi connectivity index (χ1v) is 5.72. The number of allylic oxidation sites excluding steroid dienone is 3. The van der Waals surface area contributed by atoms with Crippen LogP contribution in [-0.2, 0) is 11.2 Å². The van der Waals surface area contributed by atoms with Gasteiger partial charge in [0, 0.05) is 17.1 Å². The first kappa shape index (κ1) is 13.5. The van der Waals surface area contributed by atoms with E-state index in [0.717, 1.165) is 17.0 Å². The molecule has 0 radical (unpaired) electrons. The molecule has 0 heterocycles. The first-order valence-electron chi connectivity index (χ1n) is 5.34. The molecule has 0 aliphatic carbocycles. The highest BCUT2D eigenvalue weighted by atomic mass is 35.5. The highest BCUT2D eigenvalue weighted by molar-refractivity contribution is 6.30. The van der Waals surface area contributed by atoms with E-state index in [4.69, 9.17) is 27.8 Å². The van der Waals surface area contributed by atoms with Crippen LogP contribution in [0.2, 0.25) is 5.02 Å². The number of hydrogen-bond donors (Lipinski definition) is 2. The molecule has 92 valence electrons. The van der Waals surface area contributed by atoms with Gasteiger partial charge in [-0.3, -0.25) is 0 Å². The molecule has 0 amide bonds. The number of halogens is 1. The first-order chi connectivity index (χ1) is 8.08. The molecule has 0 spiro atoms. The zero-order valence-electron chi connectivity index (χ0n) is 9.82. The molecule has 0 fully saturated rings. The highest BCUT2D eigenvalue weighted by Gasteiger charge is 1.95. The summed E-state index contributed by atoms with van der Waals surface area (Å²) in [6, 6.07) is 7.65. The topological polar surface area (TPSA) is 61.3 Å². The summed E-state index contributed by atoms with van der Waals surface area (Å²) in [6.45, 7) is 2.32. The molecule has 4 N–H and O–H groups in total. The summed E-state index contributed by atoms with van der Waals surface area (Å²) in [5.74, 6) is 0.365. The Morgan fingerprint density at radius 2 is 1.88 bits per heavy atom. The van der Waals surface area contributed by atoms with Gasteiger partial charge in [0.05, 0.1) is 6.61 Å². The number of hydrogen-bond acceptors (Lipinski definition) is 3. The van der Waals surface area contributed by atoms with Gasteiger partial charge in [-0.05, 0) is 36.8 Å². The van der Waals surface area contributed by atoms with Gasteiger partial charge >= 0.3 is 0 Å². The second-order valence-electron chi connectivity index (χ2n) is 3.70. The molecule has 0 saturated carbocycles. The zero-order valence-corrected chi connectivity index (χ0v) is 10.6. The molecule has 0 bridgehead atoms. The van der Waals surface area contributed by atoms with Crippen LogP contribution in [0.5, 0.6) is 0 Å². The third-order valence-electron chi connectivity index (χ3n) is 2.08. The molecule has 4 heteroatoms. The lowest BCUT2D eigenvalue weighted by atomic mass is 10.2. The van der Waals surface area contributed by atoms with Gasteiger partial charge < -0.3 is 16.2 Å². The lowest BCUT2D eigenvalue weighted by molar-refractivity contribution is 0.213. The third kappa shape index (κ3) is 5.88. The standard InChI is InChI=1S/C13H17ClN2O/c1-10(15)2-7-13(16)17-9-8-11-3-5-12(14)6-4-11/h2-7H,8-9,15-16H2,1H3/b10-2-,13-7+. The van der Waals surface area contributed by atoms with Crippen molar-refractivity contribution in [2.24, 2.45) is 11.5 Å². The van der Waals surface area contributed by atoms with Crippen LogP contribution >= 0.6 is 11.6 Å². The van der Waals surface area contributed by atoms with E-state index < -0.39 is 0 Å². The fourth-order valence-electron chi connectivity index (χ4n) is 1.20. The van der Waals surface area contributed by atoms with Crippen molar-refractivity contribution in [1.29, 1.82) is 0 Å². The van der Waals surface area contributed by atoms with E-state index >= 15 is 0 Å². The quantitative estimate of drug-likeness (QED) is 0.625. The molecular formula is C13H17ClN2O. The predicted octanol–water partition coefficient (Wildman–Crippen LogP) is 2.56. The zero-order chi connectivity index (χ0) is 12.7. The Morgan fingerprint density at radius 1 is 1.24 bits per heavy atom. The van der Waals surface area contributed by atoms with E-state index in [1.165, 1.54) is 0 Å². The Hall–Kier alpha value is -1.61. The summed E-state index contributed by atoms with van der Waals surface area (Å²) < 4.78 is 5.33. The Morgan fingerprint density at radius 3 is 2.47 bits per heavy atom. The molecular weight excluding hydrogens is 236 g/mol. The van der Waals surface area contributed by atoms with Crippen molar-refractivity contribution in [3.8, 4) is 0 Å². The Bertz CT molecular complexity index is 406. The molecule has 1 aromatic rings. The van der Waals surface area contributed by atoms with Crippen LogP contribution in [0.3, 0.4) is 0 Å². The van der Waals surface area contributed by atoms with Crippen molar-refractivity contribution in [3.05, 3.63) is 58.6 Å². The van der Waals surface area contributed by atoms with Crippen molar-refractivity contribution in [2.45, 2.75) is 13.3 Å². The van der Waals surface area contributed by atoms with Crippen molar-refractivity contribution in [3.63, 3.8) is 0 Å². The lowest BCUT2D eigenvalue weighted by Gasteiger charge is -2.05. The smallest absolute Gasteiger partial charge is 0.183 e. The van der Waals surface area contributed by atoms with Crippen LogP contribution in [0, 0.1) is 0 Å². The third-order valence-corrected chi connectivity index (χ3v) is 2.34. The summed E-state index contributed by atoms with van der Waals surface area (Å²) in [6.07, 6.45) is 4.14. The summed E-state index contributed by atoms with van der Waals surface area (Å²) in [5, 5.41) is 0.734. The minimum absolute atomic E-state index is 0.365. The monoisotopic (exact) mass is 252 g/mol. The largest absolute Gasteiger partial charge is 0.479 e. The van der Waals surface area contributed by atoms with Crippen LogP contribution in [0.15, 0.2) is 48.0 Å². The van der Waals surface area contributed by atoms with Crippen LogP contribution < -0.4 is 11.5 Å². The van der Waals surface area contributed by atoms with E-state index in [0.29, 0.717) is 18.2 Å². The van der Waals surface area contributed by atoms with Gasteiger partial charge in [0.15, 0.2) is 5.88 Å². The summed E-state index contributed by atoms with van der Waals surface area (Å²) >= 11 is 5.79. The maximum Gasteiger partial charge on any atom is 0.183 e. The van der Waals surface area contributed by atoms with Gasteiger partial charge in [-0.25, -0.2) is 0 Å². The normalized spacial score (nSPS) is 12.6. The van der Waals surface area contributed by atoms with Crippen molar-refractivity contribution < 1.29 is 4.74 Å². The van der Waals surface area contributed by atoms with Gasteiger partial charge in [0.1, 0.15) is 0 Å². The maximum atomic E-state index is 5.79. The summed E-state index contributed by atoms with van der Waals surface area (Å²) in [7, 11) is 0. The number of ether oxygens (including phenoxy) is 1.